The van der Waals surface area contributed by atoms with Gasteiger partial charge in [0, 0.05) is 39.3 Å². The molecule has 0 amide bonds. The maximum Gasteiger partial charge on any atom is 0.150 e. The van der Waals surface area contributed by atoms with Crippen molar-refractivity contribution in [3.05, 3.63) is 69.8 Å². The zero-order valence-electron chi connectivity index (χ0n) is 10.5. The Hall–Kier alpha value is -1.77. The van der Waals surface area contributed by atoms with Gasteiger partial charge in [-0.15, -0.1) is 0 Å². The lowest BCUT2D eigenvalue weighted by molar-refractivity contribution is 0.112. The summed E-state index contributed by atoms with van der Waals surface area (Å²) in [5.41, 5.74) is 2.76. The molecule has 20 heavy (non-hydrogen) atoms. The second-order valence-corrected chi connectivity index (χ2v) is 5.46. The highest BCUT2D eigenvalue weighted by Gasteiger charge is 2.06. The van der Waals surface area contributed by atoms with Crippen molar-refractivity contribution in [2.45, 2.75) is 6.54 Å². The number of carbonyl (C=O) groups is 1. The second kappa shape index (κ2) is 5.31. The van der Waals surface area contributed by atoms with E-state index < -0.39 is 0 Å². The van der Waals surface area contributed by atoms with Crippen LogP contribution in [0.4, 0.5) is 0 Å². The van der Waals surface area contributed by atoms with Gasteiger partial charge in [-0.3, -0.25) is 4.79 Å². The molecule has 3 rings (SSSR count). The number of nitrogens with zero attached hydrogens (tertiary/aromatic N) is 1. The first-order valence-corrected chi connectivity index (χ1v) is 6.91. The van der Waals surface area contributed by atoms with Gasteiger partial charge in [-0.1, -0.05) is 29.3 Å². The van der Waals surface area contributed by atoms with Gasteiger partial charge < -0.3 is 4.57 Å². The number of hydrogen-bond acceptors (Lipinski definition) is 1. The molecule has 4 heteroatoms. The number of benzene rings is 2. The van der Waals surface area contributed by atoms with E-state index in [0.717, 1.165) is 22.8 Å². The fraction of sp³-hybridized carbons (Fsp3) is 0.0625. The standard InChI is InChI=1S/C16H11Cl2NO/c17-14-3-2-13(15(18)8-14)9-19-6-5-12-7-11(10-20)1-4-16(12)19/h1-8,10H,9H2. The van der Waals surface area contributed by atoms with Crippen molar-refractivity contribution in [1.82, 2.24) is 4.57 Å². The van der Waals surface area contributed by atoms with Crippen molar-refractivity contribution in [3.8, 4) is 0 Å². The average molecular weight is 304 g/mol. The van der Waals surface area contributed by atoms with E-state index in [2.05, 4.69) is 4.57 Å². The molecule has 0 N–H and O–H groups in total. The van der Waals surface area contributed by atoms with E-state index >= 15 is 0 Å². The van der Waals surface area contributed by atoms with Crippen LogP contribution in [0.2, 0.25) is 10.0 Å². The normalized spacial score (nSPS) is 10.9. The molecule has 0 atom stereocenters. The Morgan fingerprint density at radius 3 is 2.65 bits per heavy atom. The van der Waals surface area contributed by atoms with Gasteiger partial charge in [-0.2, -0.15) is 0 Å². The molecule has 100 valence electrons. The summed E-state index contributed by atoms with van der Waals surface area (Å²) in [4.78, 5) is 10.8. The van der Waals surface area contributed by atoms with E-state index in [0.29, 0.717) is 22.2 Å². The van der Waals surface area contributed by atoms with Gasteiger partial charge in [-0.25, -0.2) is 0 Å². The molecular formula is C16H11Cl2NO. The summed E-state index contributed by atoms with van der Waals surface area (Å²) in [6.45, 7) is 0.667. The third-order valence-electron chi connectivity index (χ3n) is 3.29. The van der Waals surface area contributed by atoms with Crippen LogP contribution in [-0.2, 0) is 6.54 Å². The van der Waals surface area contributed by atoms with Gasteiger partial charge in [0.2, 0.25) is 0 Å². The molecule has 2 nitrogen and oxygen atoms in total. The largest absolute Gasteiger partial charge is 0.343 e. The molecule has 2 aromatic carbocycles. The third-order valence-corrected chi connectivity index (χ3v) is 3.87. The molecule has 3 aromatic rings. The number of rotatable bonds is 3. The summed E-state index contributed by atoms with van der Waals surface area (Å²) in [5, 5.41) is 2.33. The lowest BCUT2D eigenvalue weighted by Gasteiger charge is -2.08. The van der Waals surface area contributed by atoms with Crippen molar-refractivity contribution in [1.29, 1.82) is 0 Å². The van der Waals surface area contributed by atoms with E-state index in [9.17, 15) is 4.79 Å². The van der Waals surface area contributed by atoms with E-state index in [1.54, 1.807) is 6.07 Å². The summed E-state index contributed by atoms with van der Waals surface area (Å²) >= 11 is 12.1. The van der Waals surface area contributed by atoms with Crippen LogP contribution in [0.25, 0.3) is 10.9 Å². The smallest absolute Gasteiger partial charge is 0.150 e. The fourth-order valence-corrected chi connectivity index (χ4v) is 2.73. The Balaban J connectivity index is 2.00. The zero-order chi connectivity index (χ0) is 14.1. The van der Waals surface area contributed by atoms with Crippen molar-refractivity contribution in [3.63, 3.8) is 0 Å². The summed E-state index contributed by atoms with van der Waals surface area (Å²) in [5.74, 6) is 0. The number of fused-ring (bicyclic) bond motifs is 1. The van der Waals surface area contributed by atoms with Gasteiger partial charge in [0.25, 0.3) is 0 Å². The van der Waals surface area contributed by atoms with Crippen LogP contribution in [0.15, 0.2) is 48.7 Å². The molecule has 0 unspecified atom stereocenters. The van der Waals surface area contributed by atoms with E-state index in [-0.39, 0.29) is 0 Å². The first-order chi connectivity index (χ1) is 9.67. The fourth-order valence-electron chi connectivity index (χ4n) is 2.26. The van der Waals surface area contributed by atoms with E-state index in [4.69, 9.17) is 23.2 Å². The number of aromatic nitrogens is 1. The highest BCUT2D eigenvalue weighted by molar-refractivity contribution is 6.35. The van der Waals surface area contributed by atoms with Crippen molar-refractivity contribution in [2.75, 3.05) is 0 Å². The predicted octanol–water partition coefficient (Wildman–Crippen LogP) is 4.81. The Morgan fingerprint density at radius 2 is 1.90 bits per heavy atom. The summed E-state index contributed by atoms with van der Waals surface area (Å²) in [6.07, 6.45) is 2.84. The molecule has 1 heterocycles. The Labute approximate surface area is 126 Å². The number of aldehydes is 1. The van der Waals surface area contributed by atoms with Crippen LogP contribution in [0.5, 0.6) is 0 Å². The lowest BCUT2D eigenvalue weighted by Crippen LogP contribution is -1.98. The summed E-state index contributed by atoms with van der Waals surface area (Å²) in [6, 6.07) is 13.1. The average Bonchev–Trinajstić information content (AvgIpc) is 2.84. The van der Waals surface area contributed by atoms with Crippen molar-refractivity contribution < 1.29 is 4.79 Å². The predicted molar refractivity (Wildman–Crippen MR) is 82.9 cm³/mol. The molecule has 0 aliphatic heterocycles. The highest BCUT2D eigenvalue weighted by Crippen LogP contribution is 2.24. The Morgan fingerprint density at radius 1 is 1.05 bits per heavy atom. The van der Waals surface area contributed by atoms with Crippen LogP contribution in [0, 0.1) is 0 Å². The maximum atomic E-state index is 10.8. The quantitative estimate of drug-likeness (QED) is 0.636. The lowest BCUT2D eigenvalue weighted by atomic mass is 10.2. The minimum absolute atomic E-state index is 0.631. The molecule has 0 aliphatic rings. The van der Waals surface area contributed by atoms with Gasteiger partial charge in [0.05, 0.1) is 0 Å². The first kappa shape index (κ1) is 13.2. The number of hydrogen-bond donors (Lipinski definition) is 0. The third kappa shape index (κ3) is 2.45. The van der Waals surface area contributed by atoms with Gasteiger partial charge in [-0.05, 0) is 42.0 Å². The minimum atomic E-state index is 0.631. The van der Waals surface area contributed by atoms with Crippen LogP contribution in [0.1, 0.15) is 15.9 Å². The van der Waals surface area contributed by atoms with E-state index in [1.807, 2.05) is 42.6 Å². The van der Waals surface area contributed by atoms with Crippen LogP contribution < -0.4 is 0 Å². The molecule has 0 fully saturated rings. The molecule has 0 bridgehead atoms. The summed E-state index contributed by atoms with van der Waals surface area (Å²) < 4.78 is 2.10. The van der Waals surface area contributed by atoms with Gasteiger partial charge >= 0.3 is 0 Å². The number of halogens is 2. The molecule has 0 spiro atoms. The van der Waals surface area contributed by atoms with E-state index in [1.165, 1.54) is 0 Å². The summed E-state index contributed by atoms with van der Waals surface area (Å²) in [7, 11) is 0. The van der Waals surface area contributed by atoms with Crippen molar-refractivity contribution in [2.24, 2.45) is 0 Å². The highest BCUT2D eigenvalue weighted by atomic mass is 35.5. The molecule has 0 radical (unpaired) electrons. The van der Waals surface area contributed by atoms with Gasteiger partial charge in [0.15, 0.2) is 0 Å². The van der Waals surface area contributed by atoms with Crippen LogP contribution in [0.3, 0.4) is 0 Å². The zero-order valence-corrected chi connectivity index (χ0v) is 12.0. The molecular weight excluding hydrogens is 293 g/mol. The van der Waals surface area contributed by atoms with Crippen molar-refractivity contribution >= 4 is 40.4 Å². The number of carbonyl (C=O) groups excluding carboxylic acids is 1. The second-order valence-electron chi connectivity index (χ2n) is 4.62. The molecule has 0 aliphatic carbocycles. The SMILES string of the molecule is O=Cc1ccc2c(ccn2Cc2ccc(Cl)cc2Cl)c1. The molecule has 0 saturated heterocycles. The maximum absolute atomic E-state index is 10.8. The van der Waals surface area contributed by atoms with Gasteiger partial charge in [0.1, 0.15) is 6.29 Å². The Kier molecular flexibility index (Phi) is 3.51. The first-order valence-electron chi connectivity index (χ1n) is 6.15. The monoisotopic (exact) mass is 303 g/mol. The molecule has 0 saturated carbocycles. The minimum Gasteiger partial charge on any atom is -0.343 e. The Bertz CT molecular complexity index is 792. The van der Waals surface area contributed by atoms with Crippen LogP contribution >= 0.6 is 23.2 Å². The topological polar surface area (TPSA) is 22.0 Å². The van der Waals surface area contributed by atoms with Crippen LogP contribution in [-0.4, -0.2) is 10.9 Å². The molecule has 1 aromatic heterocycles.